The van der Waals surface area contributed by atoms with Gasteiger partial charge in [-0.3, -0.25) is 4.79 Å². The van der Waals surface area contributed by atoms with Crippen molar-refractivity contribution in [1.29, 1.82) is 0 Å². The number of ether oxygens (including phenoxy) is 2. The summed E-state index contributed by atoms with van der Waals surface area (Å²) in [5.74, 6) is -0.0568. The van der Waals surface area contributed by atoms with Crippen LogP contribution in [0.2, 0.25) is 0 Å². The third-order valence-electron chi connectivity index (χ3n) is 4.72. The summed E-state index contributed by atoms with van der Waals surface area (Å²) in [6, 6.07) is 12.4. The van der Waals surface area contributed by atoms with Gasteiger partial charge < -0.3 is 19.5 Å². The van der Waals surface area contributed by atoms with Crippen LogP contribution in [0.15, 0.2) is 42.5 Å². The van der Waals surface area contributed by atoms with Gasteiger partial charge in [0.05, 0.1) is 17.8 Å². The van der Waals surface area contributed by atoms with Crippen molar-refractivity contribution in [3.05, 3.63) is 53.6 Å². The zero-order valence-corrected chi connectivity index (χ0v) is 16.6. The van der Waals surface area contributed by atoms with Gasteiger partial charge in [0.2, 0.25) is 0 Å². The summed E-state index contributed by atoms with van der Waals surface area (Å²) in [7, 11) is 0. The first-order valence-electron chi connectivity index (χ1n) is 9.25. The number of amides is 1. The standard InChI is InChI=1S/C22H25NO5/c1-14-20(24)23(18-13-15(21(25)26)5-10-19(18)28-14)11-12-27-17-8-6-16(7-9-17)22(2,3)4/h5-10,13-14H,11-12H2,1-4H3,(H,25,26). The van der Waals surface area contributed by atoms with Crippen molar-refractivity contribution in [2.75, 3.05) is 18.1 Å². The average molecular weight is 383 g/mol. The molecule has 2 aromatic rings. The zero-order valence-electron chi connectivity index (χ0n) is 16.6. The minimum atomic E-state index is -1.05. The number of carbonyl (C=O) groups is 2. The molecule has 28 heavy (non-hydrogen) atoms. The molecule has 0 aliphatic carbocycles. The van der Waals surface area contributed by atoms with Crippen LogP contribution in [0.4, 0.5) is 5.69 Å². The van der Waals surface area contributed by atoms with Crippen molar-refractivity contribution in [2.45, 2.75) is 39.2 Å². The SMILES string of the molecule is CC1Oc2ccc(C(=O)O)cc2N(CCOc2ccc(C(C)(C)C)cc2)C1=O. The van der Waals surface area contributed by atoms with E-state index in [0.29, 0.717) is 18.0 Å². The summed E-state index contributed by atoms with van der Waals surface area (Å²) in [5, 5.41) is 9.23. The molecule has 1 atom stereocenters. The lowest BCUT2D eigenvalue weighted by Gasteiger charge is -2.33. The molecule has 1 aliphatic rings. The summed E-state index contributed by atoms with van der Waals surface area (Å²) in [5.41, 5.74) is 1.84. The van der Waals surface area contributed by atoms with E-state index < -0.39 is 12.1 Å². The molecule has 148 valence electrons. The second-order valence-corrected chi connectivity index (χ2v) is 7.86. The normalized spacial score (nSPS) is 16.4. The van der Waals surface area contributed by atoms with Crippen LogP contribution in [0, 0.1) is 0 Å². The van der Waals surface area contributed by atoms with Gasteiger partial charge in [0.25, 0.3) is 5.91 Å². The molecule has 1 unspecified atom stereocenters. The molecular weight excluding hydrogens is 358 g/mol. The molecule has 1 heterocycles. The largest absolute Gasteiger partial charge is 0.492 e. The van der Waals surface area contributed by atoms with E-state index in [9.17, 15) is 14.7 Å². The fraction of sp³-hybridized carbons (Fsp3) is 0.364. The fourth-order valence-corrected chi connectivity index (χ4v) is 3.08. The molecule has 0 radical (unpaired) electrons. The molecule has 1 aliphatic heterocycles. The smallest absolute Gasteiger partial charge is 0.335 e. The molecule has 0 saturated carbocycles. The van der Waals surface area contributed by atoms with Crippen LogP contribution in [-0.2, 0) is 10.2 Å². The third kappa shape index (κ3) is 4.11. The topological polar surface area (TPSA) is 76.1 Å². The van der Waals surface area contributed by atoms with E-state index in [1.54, 1.807) is 13.0 Å². The van der Waals surface area contributed by atoms with Crippen LogP contribution in [0.25, 0.3) is 0 Å². The van der Waals surface area contributed by atoms with Crippen LogP contribution in [0.5, 0.6) is 11.5 Å². The van der Waals surface area contributed by atoms with Crippen LogP contribution in [-0.4, -0.2) is 36.2 Å². The van der Waals surface area contributed by atoms with E-state index in [4.69, 9.17) is 9.47 Å². The summed E-state index contributed by atoms with van der Waals surface area (Å²) in [6.07, 6.45) is -0.630. The Bertz CT molecular complexity index is 883. The first-order valence-corrected chi connectivity index (χ1v) is 9.25. The van der Waals surface area contributed by atoms with Gasteiger partial charge in [-0.05, 0) is 48.2 Å². The van der Waals surface area contributed by atoms with Crippen LogP contribution in [0.3, 0.4) is 0 Å². The maximum atomic E-state index is 12.6. The summed E-state index contributed by atoms with van der Waals surface area (Å²) < 4.78 is 11.4. The second-order valence-electron chi connectivity index (χ2n) is 7.86. The molecule has 2 aromatic carbocycles. The summed E-state index contributed by atoms with van der Waals surface area (Å²) in [4.78, 5) is 25.4. The highest BCUT2D eigenvalue weighted by Crippen LogP contribution is 2.35. The van der Waals surface area contributed by atoms with E-state index >= 15 is 0 Å². The number of benzene rings is 2. The van der Waals surface area contributed by atoms with Crippen LogP contribution < -0.4 is 14.4 Å². The Morgan fingerprint density at radius 2 is 1.86 bits per heavy atom. The predicted molar refractivity (Wildman–Crippen MR) is 106 cm³/mol. The van der Waals surface area contributed by atoms with Gasteiger partial charge in [-0.2, -0.15) is 0 Å². The first kappa shape index (κ1) is 19.7. The highest BCUT2D eigenvalue weighted by Gasteiger charge is 2.32. The van der Waals surface area contributed by atoms with Gasteiger partial charge in [-0.15, -0.1) is 0 Å². The Balaban J connectivity index is 1.72. The van der Waals surface area contributed by atoms with E-state index in [1.807, 2.05) is 24.3 Å². The van der Waals surface area contributed by atoms with Crippen molar-refractivity contribution in [3.8, 4) is 11.5 Å². The van der Waals surface area contributed by atoms with E-state index in [-0.39, 0.29) is 23.5 Å². The minimum Gasteiger partial charge on any atom is -0.492 e. The highest BCUT2D eigenvalue weighted by atomic mass is 16.5. The lowest BCUT2D eigenvalue weighted by molar-refractivity contribution is -0.125. The second kappa shape index (κ2) is 7.54. The number of carboxylic acid groups (broad SMARTS) is 1. The molecule has 1 N–H and O–H groups in total. The van der Waals surface area contributed by atoms with Gasteiger partial charge >= 0.3 is 5.97 Å². The number of rotatable bonds is 5. The number of fused-ring (bicyclic) bond motifs is 1. The summed E-state index contributed by atoms with van der Waals surface area (Å²) >= 11 is 0. The van der Waals surface area contributed by atoms with E-state index in [0.717, 1.165) is 5.75 Å². The Labute approximate surface area is 164 Å². The number of carboxylic acids is 1. The van der Waals surface area contributed by atoms with E-state index in [1.165, 1.54) is 22.6 Å². The maximum Gasteiger partial charge on any atom is 0.335 e. The molecule has 6 heteroatoms. The third-order valence-corrected chi connectivity index (χ3v) is 4.72. The highest BCUT2D eigenvalue weighted by molar-refractivity contribution is 6.01. The van der Waals surface area contributed by atoms with Gasteiger partial charge in [-0.1, -0.05) is 32.9 Å². The molecule has 0 bridgehead atoms. The average Bonchev–Trinajstić information content (AvgIpc) is 2.64. The Morgan fingerprint density at radius 3 is 2.46 bits per heavy atom. The number of carbonyl (C=O) groups excluding carboxylic acids is 1. The number of hydrogen-bond donors (Lipinski definition) is 1. The van der Waals surface area contributed by atoms with Crippen molar-refractivity contribution in [2.24, 2.45) is 0 Å². The predicted octanol–water partition coefficient (Wildman–Crippen LogP) is 3.88. The molecule has 1 amide bonds. The van der Waals surface area contributed by atoms with Gasteiger partial charge in [-0.25, -0.2) is 4.79 Å². The molecule has 6 nitrogen and oxygen atoms in total. The lowest BCUT2D eigenvalue weighted by atomic mass is 9.87. The molecule has 0 spiro atoms. The van der Waals surface area contributed by atoms with E-state index in [2.05, 4.69) is 20.8 Å². The lowest BCUT2D eigenvalue weighted by Crippen LogP contribution is -2.46. The maximum absolute atomic E-state index is 12.6. The van der Waals surface area contributed by atoms with Crippen molar-refractivity contribution >= 4 is 17.6 Å². The summed E-state index contributed by atoms with van der Waals surface area (Å²) in [6.45, 7) is 8.70. The molecule has 3 rings (SSSR count). The first-order chi connectivity index (χ1) is 13.2. The van der Waals surface area contributed by atoms with Gasteiger partial charge in [0.15, 0.2) is 6.10 Å². The Kier molecular flexibility index (Phi) is 5.31. The van der Waals surface area contributed by atoms with Crippen molar-refractivity contribution in [1.82, 2.24) is 0 Å². The fourth-order valence-electron chi connectivity index (χ4n) is 3.08. The molecule has 0 fully saturated rings. The Morgan fingerprint density at radius 1 is 1.18 bits per heavy atom. The van der Waals surface area contributed by atoms with Crippen molar-refractivity contribution in [3.63, 3.8) is 0 Å². The van der Waals surface area contributed by atoms with Crippen molar-refractivity contribution < 1.29 is 24.2 Å². The number of nitrogens with zero attached hydrogens (tertiary/aromatic N) is 1. The minimum absolute atomic E-state index is 0.0699. The molecule has 0 saturated heterocycles. The van der Waals surface area contributed by atoms with Gasteiger partial charge in [0, 0.05) is 0 Å². The number of hydrogen-bond acceptors (Lipinski definition) is 4. The monoisotopic (exact) mass is 383 g/mol. The number of aromatic carboxylic acids is 1. The van der Waals surface area contributed by atoms with Crippen LogP contribution >= 0.6 is 0 Å². The molecule has 0 aromatic heterocycles. The van der Waals surface area contributed by atoms with Gasteiger partial charge in [0.1, 0.15) is 18.1 Å². The zero-order chi connectivity index (χ0) is 20.5. The Hall–Kier alpha value is -3.02. The number of anilines is 1. The van der Waals surface area contributed by atoms with Crippen LogP contribution in [0.1, 0.15) is 43.6 Å². The molecular formula is C22H25NO5. The quantitative estimate of drug-likeness (QED) is 0.848.